The summed E-state index contributed by atoms with van der Waals surface area (Å²) in [5.74, 6) is -0.0211. The van der Waals surface area contributed by atoms with Crippen LogP contribution in [-0.2, 0) is 30.3 Å². The molecule has 1 saturated heterocycles. The fourth-order valence-electron chi connectivity index (χ4n) is 5.41. The summed E-state index contributed by atoms with van der Waals surface area (Å²) < 4.78 is 25.2. The molecule has 1 aliphatic rings. The van der Waals surface area contributed by atoms with Crippen molar-refractivity contribution >= 4 is 35.6 Å². The summed E-state index contributed by atoms with van der Waals surface area (Å²) in [6, 6.07) is 0. The number of nitrogens with one attached hydrogen (secondary N) is 1. The van der Waals surface area contributed by atoms with Gasteiger partial charge in [-0.3, -0.25) is 18.9 Å². The van der Waals surface area contributed by atoms with E-state index in [-0.39, 0.29) is 17.1 Å². The van der Waals surface area contributed by atoms with Crippen molar-refractivity contribution in [3.8, 4) is 0 Å². The lowest BCUT2D eigenvalue weighted by Crippen LogP contribution is -2.36. The molecule has 1 fully saturated rings. The summed E-state index contributed by atoms with van der Waals surface area (Å²) in [5, 5.41) is 0. The Morgan fingerprint density at radius 1 is 0.915 bits per heavy atom. The largest absolute Gasteiger partial charge is 0.371 e. The number of unbranched alkanes of at least 4 members (excludes halogenated alkanes) is 13. The number of H-pyrrole nitrogens is 1. The van der Waals surface area contributed by atoms with Crippen LogP contribution >= 0.6 is 6.72 Å². The smallest absolute Gasteiger partial charge is 0.324 e. The number of nitrogen functional groups attached to an aromatic ring is 1. The lowest BCUT2D eigenvalue weighted by atomic mass is 10.0. The van der Waals surface area contributed by atoms with E-state index in [1.165, 1.54) is 90.5 Å². The molecule has 4 N–H and O–H groups in total. The molecular formula is C34H68N5O6PS. The number of nitrogens with zero attached hydrogens (tertiary/aromatic N) is 3. The molecule has 13 heteroatoms. The maximum Gasteiger partial charge on any atom is 0.324 e. The van der Waals surface area contributed by atoms with Crippen molar-refractivity contribution in [2.75, 3.05) is 19.5 Å². The fourth-order valence-corrected chi connectivity index (χ4v) is 6.35. The minimum atomic E-state index is -3.49. The Bertz CT molecular complexity index is 1150. The summed E-state index contributed by atoms with van der Waals surface area (Å²) in [7, 11) is 1.32. The number of fused-ring (bicyclic) bond motifs is 1. The molecule has 11 nitrogen and oxygen atoms in total. The van der Waals surface area contributed by atoms with Gasteiger partial charge in [0, 0.05) is 13.7 Å². The van der Waals surface area contributed by atoms with Gasteiger partial charge in [0.2, 0.25) is 5.95 Å². The van der Waals surface area contributed by atoms with Crippen molar-refractivity contribution in [3.05, 3.63) is 16.7 Å². The Hall–Kier alpha value is -1.40. The van der Waals surface area contributed by atoms with Crippen molar-refractivity contribution < 1.29 is 23.4 Å². The molecule has 0 amide bonds. The quantitative estimate of drug-likeness (QED) is 0.0848. The van der Waals surface area contributed by atoms with E-state index in [1.807, 2.05) is 48.5 Å². The highest BCUT2D eigenvalue weighted by molar-refractivity contribution is 8.07. The van der Waals surface area contributed by atoms with Crippen LogP contribution in [0.5, 0.6) is 0 Å². The van der Waals surface area contributed by atoms with Gasteiger partial charge in [0.15, 0.2) is 17.4 Å². The number of nitrogens with two attached hydrogens (primary N) is 1. The number of ether oxygens (including phenoxy) is 2. The van der Waals surface area contributed by atoms with Crippen LogP contribution in [0.3, 0.4) is 0 Å². The molecule has 0 aliphatic carbocycles. The first kappa shape index (κ1) is 45.6. The van der Waals surface area contributed by atoms with Crippen molar-refractivity contribution in [2.24, 2.45) is 0 Å². The lowest BCUT2D eigenvalue weighted by molar-refractivity contribution is -0.0667. The number of aromatic amines is 1. The number of rotatable bonds is 21. The second kappa shape index (κ2) is 27.4. The van der Waals surface area contributed by atoms with E-state index in [9.17, 15) is 9.69 Å². The topological polar surface area (TPSA) is 147 Å². The predicted molar refractivity (Wildman–Crippen MR) is 199 cm³/mol. The number of aromatic nitrogens is 4. The minimum Gasteiger partial charge on any atom is -0.371 e. The average Bonchev–Trinajstić information content (AvgIpc) is 3.66. The maximum absolute atomic E-state index is 12.3. The summed E-state index contributed by atoms with van der Waals surface area (Å²) in [6.07, 6.45) is 17.5. The third-order valence-corrected chi connectivity index (χ3v) is 9.38. The van der Waals surface area contributed by atoms with Gasteiger partial charge >= 0.3 is 6.72 Å². The first-order valence-corrected chi connectivity index (χ1v) is 21.0. The highest BCUT2D eigenvalue weighted by atomic mass is 32.5. The molecule has 5 atom stereocenters. The van der Waals surface area contributed by atoms with Crippen LogP contribution in [0.4, 0.5) is 5.95 Å². The molecule has 0 aromatic carbocycles. The third-order valence-electron chi connectivity index (χ3n) is 7.71. The van der Waals surface area contributed by atoms with Gasteiger partial charge in [-0.15, -0.1) is 0 Å². The number of imidazole rings is 1. The summed E-state index contributed by atoms with van der Waals surface area (Å²) in [6.45, 7) is 13.2. The van der Waals surface area contributed by atoms with Gasteiger partial charge in [0.05, 0.1) is 12.4 Å². The molecule has 47 heavy (non-hydrogen) atoms. The molecule has 5 unspecified atom stereocenters. The SMILES string of the molecule is CC.CC.CC.CCCCCCCCCCCCCCCCOC1C(OP(O)(=S)OC)C(CC)OC1n1cnc2c(=O)[nH]c(N)nc21. The first-order chi connectivity index (χ1) is 22.8. The van der Waals surface area contributed by atoms with Crippen LogP contribution in [-0.4, -0.2) is 56.4 Å². The fraction of sp³-hybridized carbons (Fsp3) is 0.853. The van der Waals surface area contributed by atoms with Crippen molar-refractivity contribution in [1.29, 1.82) is 0 Å². The molecule has 2 aromatic heterocycles. The van der Waals surface area contributed by atoms with Crippen LogP contribution in [0.1, 0.15) is 158 Å². The van der Waals surface area contributed by atoms with Gasteiger partial charge in [-0.25, -0.2) is 4.98 Å². The average molecular weight is 706 g/mol. The van der Waals surface area contributed by atoms with Crippen LogP contribution in [0.2, 0.25) is 0 Å². The predicted octanol–water partition coefficient (Wildman–Crippen LogP) is 9.20. The Labute approximate surface area is 290 Å². The van der Waals surface area contributed by atoms with E-state index in [4.69, 9.17) is 36.1 Å². The Morgan fingerprint density at radius 2 is 1.43 bits per heavy atom. The Kier molecular flexibility index (Phi) is 26.6. The number of hydrogen-bond acceptors (Lipinski definition) is 9. The Balaban J connectivity index is 0.00000333. The Morgan fingerprint density at radius 3 is 1.91 bits per heavy atom. The first-order valence-electron chi connectivity index (χ1n) is 18.4. The van der Waals surface area contributed by atoms with Gasteiger partial charge in [-0.05, 0) is 24.6 Å². The molecule has 0 radical (unpaired) electrons. The molecule has 3 rings (SSSR count). The molecule has 0 bridgehead atoms. The zero-order valence-corrected chi connectivity index (χ0v) is 32.7. The van der Waals surface area contributed by atoms with E-state index in [2.05, 4.69) is 21.9 Å². The standard InChI is InChI=1S/C28H50N5O6PS.3C2H6/c1-4-6-7-8-9-10-11-12-13-14-15-16-17-18-19-37-24-23(39-40(35,41)36-3)21(5-2)38-27(24)33-20-30-22-25(33)31-28(29)32-26(22)34;3*1-2/h20-21,23-24,27H,4-19H2,1-3H3,(H,35,41)(H3,29,31,32,34);3*1-2H3. The van der Waals surface area contributed by atoms with Gasteiger partial charge in [0.25, 0.3) is 5.56 Å². The van der Waals surface area contributed by atoms with Gasteiger partial charge in [0.1, 0.15) is 12.2 Å². The molecule has 2 aromatic rings. The summed E-state index contributed by atoms with van der Waals surface area (Å²) in [5.41, 5.74) is 5.80. The minimum absolute atomic E-state index is 0.0211. The second-order valence-corrected chi connectivity index (χ2v) is 13.8. The van der Waals surface area contributed by atoms with Crippen molar-refractivity contribution in [1.82, 2.24) is 19.5 Å². The molecule has 1 aliphatic heterocycles. The van der Waals surface area contributed by atoms with E-state index >= 15 is 0 Å². The summed E-state index contributed by atoms with van der Waals surface area (Å²) in [4.78, 5) is 33.8. The van der Waals surface area contributed by atoms with Gasteiger partial charge in [-0.2, -0.15) is 4.98 Å². The normalized spacial score (nSPS) is 20.0. The van der Waals surface area contributed by atoms with E-state index in [0.29, 0.717) is 13.0 Å². The van der Waals surface area contributed by atoms with Crippen LogP contribution in [0.15, 0.2) is 11.1 Å². The molecular weight excluding hydrogens is 637 g/mol. The van der Waals surface area contributed by atoms with Gasteiger partial charge in [-0.1, -0.05) is 139 Å². The highest BCUT2D eigenvalue weighted by Gasteiger charge is 2.49. The lowest BCUT2D eigenvalue weighted by Gasteiger charge is -2.27. The highest BCUT2D eigenvalue weighted by Crippen LogP contribution is 2.49. The number of anilines is 1. The number of hydrogen-bond donors (Lipinski definition) is 3. The second-order valence-electron chi connectivity index (χ2n) is 10.9. The van der Waals surface area contributed by atoms with Crippen LogP contribution < -0.4 is 11.3 Å². The zero-order valence-electron chi connectivity index (χ0n) is 31.0. The van der Waals surface area contributed by atoms with Crippen LogP contribution in [0.25, 0.3) is 11.2 Å². The van der Waals surface area contributed by atoms with Gasteiger partial charge < -0.3 is 24.6 Å². The zero-order chi connectivity index (χ0) is 35.7. The molecule has 3 heterocycles. The third kappa shape index (κ3) is 16.2. The van der Waals surface area contributed by atoms with Crippen molar-refractivity contribution in [3.63, 3.8) is 0 Å². The van der Waals surface area contributed by atoms with Crippen LogP contribution in [0, 0.1) is 0 Å². The molecule has 0 saturated carbocycles. The van der Waals surface area contributed by atoms with E-state index in [0.717, 1.165) is 12.8 Å². The van der Waals surface area contributed by atoms with E-state index in [1.54, 1.807) is 4.57 Å². The maximum atomic E-state index is 12.3. The molecule has 0 spiro atoms. The summed E-state index contributed by atoms with van der Waals surface area (Å²) >= 11 is 5.15. The molecule has 276 valence electrons. The van der Waals surface area contributed by atoms with Crippen molar-refractivity contribution in [2.45, 2.75) is 176 Å². The van der Waals surface area contributed by atoms with E-state index < -0.39 is 36.8 Å². The monoisotopic (exact) mass is 705 g/mol.